The molecule has 0 aliphatic heterocycles. The summed E-state index contributed by atoms with van der Waals surface area (Å²) < 4.78 is 0. The van der Waals surface area contributed by atoms with Crippen molar-refractivity contribution in [1.82, 2.24) is 5.43 Å². The number of amides is 1. The zero-order chi connectivity index (χ0) is 17.0. The van der Waals surface area contributed by atoms with Gasteiger partial charge in [-0.15, -0.1) is 0 Å². The van der Waals surface area contributed by atoms with Crippen molar-refractivity contribution >= 4 is 17.7 Å². The molecular formula is C21H22N2O. The van der Waals surface area contributed by atoms with Crippen LogP contribution in [0.4, 0.5) is 0 Å². The van der Waals surface area contributed by atoms with E-state index >= 15 is 0 Å². The van der Waals surface area contributed by atoms with Gasteiger partial charge in [-0.05, 0) is 30.5 Å². The molecule has 3 nitrogen and oxygen atoms in total. The summed E-state index contributed by atoms with van der Waals surface area (Å²) in [6.45, 7) is 4.02. The third-order valence-electron chi connectivity index (χ3n) is 4.65. The third-order valence-corrected chi connectivity index (χ3v) is 4.65. The Morgan fingerprint density at radius 2 is 1.75 bits per heavy atom. The van der Waals surface area contributed by atoms with E-state index < -0.39 is 0 Å². The standard InChI is InChI=1S/C21H22N2O/c1-16(13-14-17-9-5-3-6-10-17)22-23-20(24)19-15-21(19,2)18-11-7-4-8-12-18/h3-14,19H,15H2,1-2H3,(H,23,24)/b14-13+,22-16-/t19-,21-/m1/s1. The van der Waals surface area contributed by atoms with E-state index in [1.807, 2.05) is 67.6 Å². The Morgan fingerprint density at radius 1 is 1.12 bits per heavy atom. The number of hydrazone groups is 1. The molecule has 0 heterocycles. The highest BCUT2D eigenvalue weighted by atomic mass is 16.2. The molecule has 0 unspecified atom stereocenters. The maximum absolute atomic E-state index is 12.3. The number of hydrogen-bond donors (Lipinski definition) is 1. The Bertz CT molecular complexity index is 765. The minimum Gasteiger partial charge on any atom is -0.273 e. The van der Waals surface area contributed by atoms with Gasteiger partial charge in [0.1, 0.15) is 0 Å². The number of carbonyl (C=O) groups is 1. The summed E-state index contributed by atoms with van der Waals surface area (Å²) in [5.74, 6) is -0.0108. The Kier molecular flexibility index (Phi) is 4.61. The average Bonchev–Trinajstić information content (AvgIpc) is 3.33. The Labute approximate surface area is 143 Å². The molecule has 1 saturated carbocycles. The van der Waals surface area contributed by atoms with Gasteiger partial charge in [0, 0.05) is 5.41 Å². The summed E-state index contributed by atoms with van der Waals surface area (Å²) >= 11 is 0. The summed E-state index contributed by atoms with van der Waals surface area (Å²) in [6.07, 6.45) is 4.76. The van der Waals surface area contributed by atoms with Crippen molar-refractivity contribution in [2.45, 2.75) is 25.7 Å². The van der Waals surface area contributed by atoms with E-state index in [0.29, 0.717) is 0 Å². The van der Waals surface area contributed by atoms with Crippen LogP contribution < -0.4 is 5.43 Å². The van der Waals surface area contributed by atoms with Gasteiger partial charge in [0.25, 0.3) is 0 Å². The van der Waals surface area contributed by atoms with Crippen molar-refractivity contribution in [3.8, 4) is 0 Å². The van der Waals surface area contributed by atoms with Crippen molar-refractivity contribution < 1.29 is 4.79 Å². The lowest BCUT2D eigenvalue weighted by molar-refractivity contribution is -0.122. The van der Waals surface area contributed by atoms with E-state index in [-0.39, 0.29) is 17.2 Å². The maximum atomic E-state index is 12.3. The van der Waals surface area contributed by atoms with E-state index in [1.165, 1.54) is 5.56 Å². The van der Waals surface area contributed by atoms with Crippen LogP contribution in [0, 0.1) is 5.92 Å². The smallest absolute Gasteiger partial charge is 0.244 e. The van der Waals surface area contributed by atoms with Gasteiger partial charge in [-0.1, -0.05) is 73.7 Å². The summed E-state index contributed by atoms with van der Waals surface area (Å²) in [4.78, 5) is 12.3. The van der Waals surface area contributed by atoms with Gasteiger partial charge in [0.15, 0.2) is 0 Å². The quantitative estimate of drug-likeness (QED) is 0.652. The van der Waals surface area contributed by atoms with Crippen LogP contribution in [0.3, 0.4) is 0 Å². The highest BCUT2D eigenvalue weighted by Crippen LogP contribution is 2.53. The number of carbonyl (C=O) groups excluding carboxylic acids is 1. The van der Waals surface area contributed by atoms with Gasteiger partial charge in [0.2, 0.25) is 5.91 Å². The van der Waals surface area contributed by atoms with Gasteiger partial charge in [-0.2, -0.15) is 5.10 Å². The van der Waals surface area contributed by atoms with Gasteiger partial charge >= 0.3 is 0 Å². The summed E-state index contributed by atoms with van der Waals surface area (Å²) in [6, 6.07) is 20.2. The zero-order valence-corrected chi connectivity index (χ0v) is 14.1. The minimum atomic E-state index is -0.0609. The van der Waals surface area contributed by atoms with E-state index in [0.717, 1.165) is 17.7 Å². The first-order chi connectivity index (χ1) is 11.6. The fraction of sp³-hybridized carbons (Fsp3) is 0.238. The average molecular weight is 318 g/mol. The van der Waals surface area contributed by atoms with Crippen molar-refractivity contribution in [3.05, 3.63) is 77.9 Å². The number of rotatable bonds is 5. The van der Waals surface area contributed by atoms with Crippen LogP contribution in [0.1, 0.15) is 31.4 Å². The molecule has 3 heteroatoms. The van der Waals surface area contributed by atoms with Crippen LogP contribution >= 0.6 is 0 Å². The molecule has 1 aliphatic rings. The molecule has 2 aromatic carbocycles. The molecule has 3 rings (SSSR count). The lowest BCUT2D eigenvalue weighted by Gasteiger charge is -2.10. The molecule has 1 N–H and O–H groups in total. The lowest BCUT2D eigenvalue weighted by Crippen LogP contribution is -2.24. The Hall–Kier alpha value is -2.68. The molecule has 2 atom stereocenters. The Morgan fingerprint density at radius 3 is 2.42 bits per heavy atom. The van der Waals surface area contributed by atoms with Gasteiger partial charge in [-0.3, -0.25) is 4.79 Å². The molecule has 122 valence electrons. The molecular weight excluding hydrogens is 296 g/mol. The van der Waals surface area contributed by atoms with Crippen molar-refractivity contribution in [2.75, 3.05) is 0 Å². The highest BCUT2D eigenvalue weighted by molar-refractivity contribution is 5.97. The van der Waals surface area contributed by atoms with Crippen LogP contribution in [0.15, 0.2) is 71.8 Å². The molecule has 1 fully saturated rings. The Balaban J connectivity index is 1.57. The topological polar surface area (TPSA) is 41.5 Å². The molecule has 0 aromatic heterocycles. The summed E-state index contributed by atoms with van der Waals surface area (Å²) in [7, 11) is 0. The fourth-order valence-corrected chi connectivity index (χ4v) is 2.92. The summed E-state index contributed by atoms with van der Waals surface area (Å²) in [5, 5.41) is 4.19. The number of benzene rings is 2. The second-order valence-corrected chi connectivity index (χ2v) is 6.51. The molecule has 1 aliphatic carbocycles. The maximum Gasteiger partial charge on any atom is 0.244 e. The van der Waals surface area contributed by atoms with Gasteiger partial charge in [0.05, 0.1) is 11.6 Å². The second kappa shape index (κ2) is 6.83. The first-order valence-electron chi connectivity index (χ1n) is 8.22. The summed E-state index contributed by atoms with van der Waals surface area (Å²) in [5.41, 5.74) is 5.74. The van der Waals surface area contributed by atoms with Crippen LogP contribution in [0.2, 0.25) is 0 Å². The van der Waals surface area contributed by atoms with Crippen molar-refractivity contribution in [1.29, 1.82) is 0 Å². The van der Waals surface area contributed by atoms with Gasteiger partial charge in [-0.25, -0.2) is 5.43 Å². The first-order valence-corrected chi connectivity index (χ1v) is 8.22. The number of allylic oxidation sites excluding steroid dienone is 1. The van der Waals surface area contributed by atoms with Crippen LogP contribution in [0.5, 0.6) is 0 Å². The molecule has 0 radical (unpaired) electrons. The van der Waals surface area contributed by atoms with E-state index in [9.17, 15) is 4.79 Å². The molecule has 0 saturated heterocycles. The van der Waals surface area contributed by atoms with Crippen LogP contribution in [-0.4, -0.2) is 11.6 Å². The number of nitrogens with one attached hydrogen (secondary N) is 1. The van der Waals surface area contributed by atoms with Crippen molar-refractivity contribution in [2.24, 2.45) is 11.0 Å². The molecule has 1 amide bonds. The van der Waals surface area contributed by atoms with Crippen LogP contribution in [0.25, 0.3) is 6.08 Å². The zero-order valence-electron chi connectivity index (χ0n) is 14.1. The largest absolute Gasteiger partial charge is 0.273 e. The normalized spacial score (nSPS) is 23.2. The lowest BCUT2D eigenvalue weighted by atomic mass is 9.95. The SMILES string of the molecule is CC(/C=C/c1ccccc1)=N/NC(=O)[C@H]1C[C@]1(C)c1ccccc1. The third kappa shape index (κ3) is 3.62. The minimum absolute atomic E-state index is 0.00504. The number of hydrogen-bond acceptors (Lipinski definition) is 2. The molecule has 0 bridgehead atoms. The number of nitrogens with zero attached hydrogens (tertiary/aromatic N) is 1. The van der Waals surface area contributed by atoms with E-state index in [1.54, 1.807) is 0 Å². The predicted molar refractivity (Wildman–Crippen MR) is 98.6 cm³/mol. The van der Waals surface area contributed by atoms with Gasteiger partial charge < -0.3 is 0 Å². The highest BCUT2D eigenvalue weighted by Gasteiger charge is 2.55. The van der Waals surface area contributed by atoms with E-state index in [2.05, 4.69) is 29.6 Å². The van der Waals surface area contributed by atoms with Crippen LogP contribution in [-0.2, 0) is 10.2 Å². The monoisotopic (exact) mass is 318 g/mol. The molecule has 2 aromatic rings. The predicted octanol–water partition coefficient (Wildman–Crippen LogP) is 4.17. The molecule has 24 heavy (non-hydrogen) atoms. The fourth-order valence-electron chi connectivity index (χ4n) is 2.92. The van der Waals surface area contributed by atoms with E-state index in [4.69, 9.17) is 0 Å². The molecule has 0 spiro atoms. The van der Waals surface area contributed by atoms with Crippen molar-refractivity contribution in [3.63, 3.8) is 0 Å². The second-order valence-electron chi connectivity index (χ2n) is 6.51. The first kappa shape index (κ1) is 16.2.